The van der Waals surface area contributed by atoms with Crippen LogP contribution in [0.4, 0.5) is 5.69 Å². The number of hydrogen-bond donors (Lipinski definition) is 1. The molecule has 20 heavy (non-hydrogen) atoms. The van der Waals surface area contributed by atoms with Crippen molar-refractivity contribution in [1.82, 2.24) is 20.2 Å². The van der Waals surface area contributed by atoms with Crippen molar-refractivity contribution >= 4 is 5.69 Å². The second-order valence-electron chi connectivity index (χ2n) is 5.42. The number of rotatable bonds is 3. The molecular formula is C14H19N5O. The molecule has 6 heteroatoms. The normalized spacial score (nSPS) is 22.1. The second-order valence-corrected chi connectivity index (χ2v) is 5.42. The summed E-state index contributed by atoms with van der Waals surface area (Å²) in [6.07, 6.45) is 3.58. The predicted octanol–water partition coefficient (Wildman–Crippen LogP) is 2.29. The van der Waals surface area contributed by atoms with Crippen LogP contribution in [-0.4, -0.2) is 27.3 Å². The number of benzene rings is 1. The van der Waals surface area contributed by atoms with Crippen molar-refractivity contribution in [1.29, 1.82) is 0 Å². The number of nitrogens with zero attached hydrogens (tertiary/aromatic N) is 4. The highest BCUT2D eigenvalue weighted by Crippen LogP contribution is 2.37. The molecule has 2 unspecified atom stereocenters. The molecule has 2 aromatic rings. The molecule has 0 aliphatic heterocycles. The van der Waals surface area contributed by atoms with Crippen LogP contribution in [0.25, 0.3) is 11.4 Å². The highest BCUT2D eigenvalue weighted by atomic mass is 16.5. The lowest BCUT2D eigenvalue weighted by Crippen LogP contribution is -2.14. The van der Waals surface area contributed by atoms with Crippen LogP contribution >= 0.6 is 0 Å². The summed E-state index contributed by atoms with van der Waals surface area (Å²) < 4.78 is 7.20. The van der Waals surface area contributed by atoms with E-state index in [4.69, 9.17) is 10.5 Å². The maximum Gasteiger partial charge on any atom is 0.182 e. The molecular weight excluding hydrogens is 254 g/mol. The van der Waals surface area contributed by atoms with E-state index in [1.807, 2.05) is 16.8 Å². The first-order valence-electron chi connectivity index (χ1n) is 6.92. The molecule has 0 spiro atoms. The lowest BCUT2D eigenvalue weighted by Gasteiger charge is -2.17. The average Bonchev–Trinajstić information content (AvgIpc) is 3.05. The van der Waals surface area contributed by atoms with Gasteiger partial charge in [0, 0.05) is 17.3 Å². The highest BCUT2D eigenvalue weighted by molar-refractivity contribution is 5.64. The van der Waals surface area contributed by atoms with Gasteiger partial charge in [-0.2, -0.15) is 0 Å². The van der Waals surface area contributed by atoms with Gasteiger partial charge in [0.15, 0.2) is 5.82 Å². The molecule has 1 fully saturated rings. The molecule has 0 bridgehead atoms. The Morgan fingerprint density at radius 2 is 2.15 bits per heavy atom. The molecule has 0 amide bonds. The van der Waals surface area contributed by atoms with Crippen molar-refractivity contribution in [3.05, 3.63) is 18.2 Å². The van der Waals surface area contributed by atoms with Crippen LogP contribution in [0.2, 0.25) is 0 Å². The van der Waals surface area contributed by atoms with Crippen molar-refractivity contribution in [2.24, 2.45) is 5.92 Å². The summed E-state index contributed by atoms with van der Waals surface area (Å²) >= 11 is 0. The molecule has 0 saturated heterocycles. The molecule has 6 nitrogen and oxygen atoms in total. The van der Waals surface area contributed by atoms with Crippen LogP contribution in [0.1, 0.15) is 32.2 Å². The Morgan fingerprint density at radius 3 is 2.85 bits per heavy atom. The fraction of sp³-hybridized carbons (Fsp3) is 0.500. The van der Waals surface area contributed by atoms with E-state index in [0.717, 1.165) is 17.8 Å². The molecule has 1 aliphatic rings. The van der Waals surface area contributed by atoms with E-state index >= 15 is 0 Å². The molecule has 1 saturated carbocycles. The summed E-state index contributed by atoms with van der Waals surface area (Å²) in [5.74, 6) is 2.07. The maximum absolute atomic E-state index is 5.91. The SMILES string of the molecule is COc1cc(N)cc(-c2nnnn2C2CCCC2C)c1. The summed E-state index contributed by atoms with van der Waals surface area (Å²) in [6.45, 7) is 2.25. The van der Waals surface area contributed by atoms with Crippen LogP contribution < -0.4 is 10.5 Å². The number of methoxy groups -OCH3 is 1. The second kappa shape index (κ2) is 5.11. The standard InChI is InChI=1S/C14H19N5O/c1-9-4-3-5-13(9)19-14(16-17-18-19)10-6-11(15)8-12(7-10)20-2/h6-9,13H,3-5,15H2,1-2H3. The van der Waals surface area contributed by atoms with Gasteiger partial charge in [0.05, 0.1) is 13.2 Å². The largest absolute Gasteiger partial charge is 0.497 e. The Morgan fingerprint density at radius 1 is 1.30 bits per heavy atom. The number of hydrogen-bond acceptors (Lipinski definition) is 5. The zero-order valence-corrected chi connectivity index (χ0v) is 11.8. The monoisotopic (exact) mass is 273 g/mol. The molecule has 1 aliphatic carbocycles. The van der Waals surface area contributed by atoms with Crippen LogP contribution in [0, 0.1) is 5.92 Å². The van der Waals surface area contributed by atoms with Gasteiger partial charge >= 0.3 is 0 Å². The Hall–Kier alpha value is -2.11. The van der Waals surface area contributed by atoms with Gasteiger partial charge < -0.3 is 10.5 Å². The van der Waals surface area contributed by atoms with Gasteiger partial charge in [0.2, 0.25) is 0 Å². The number of nitrogens with two attached hydrogens (primary N) is 1. The lowest BCUT2D eigenvalue weighted by molar-refractivity contribution is 0.370. The van der Waals surface area contributed by atoms with E-state index in [0.29, 0.717) is 23.4 Å². The van der Waals surface area contributed by atoms with Crippen LogP contribution in [0.15, 0.2) is 18.2 Å². The van der Waals surface area contributed by atoms with E-state index < -0.39 is 0 Å². The van der Waals surface area contributed by atoms with Crippen molar-refractivity contribution in [3.8, 4) is 17.1 Å². The molecule has 2 N–H and O–H groups in total. The minimum absolute atomic E-state index is 0.368. The minimum Gasteiger partial charge on any atom is -0.497 e. The van der Waals surface area contributed by atoms with Gasteiger partial charge in [-0.3, -0.25) is 0 Å². The van der Waals surface area contributed by atoms with Crippen LogP contribution in [0.3, 0.4) is 0 Å². The molecule has 2 atom stereocenters. The fourth-order valence-corrected chi connectivity index (χ4v) is 2.97. The predicted molar refractivity (Wildman–Crippen MR) is 76.3 cm³/mol. The smallest absolute Gasteiger partial charge is 0.182 e. The fourth-order valence-electron chi connectivity index (χ4n) is 2.97. The minimum atomic E-state index is 0.368. The van der Waals surface area contributed by atoms with E-state index in [1.54, 1.807) is 13.2 Å². The third-order valence-electron chi connectivity index (χ3n) is 4.05. The third kappa shape index (κ3) is 2.21. The highest BCUT2D eigenvalue weighted by Gasteiger charge is 2.28. The van der Waals surface area contributed by atoms with Gasteiger partial charge in [-0.25, -0.2) is 4.68 Å². The van der Waals surface area contributed by atoms with Crippen molar-refractivity contribution in [2.45, 2.75) is 32.2 Å². The Kier molecular flexibility index (Phi) is 3.30. The first kappa shape index (κ1) is 12.9. The third-order valence-corrected chi connectivity index (χ3v) is 4.05. The van der Waals surface area contributed by atoms with E-state index in [-0.39, 0.29) is 0 Å². The average molecular weight is 273 g/mol. The molecule has 1 aromatic heterocycles. The van der Waals surface area contributed by atoms with E-state index in [1.165, 1.54) is 12.8 Å². The van der Waals surface area contributed by atoms with Gasteiger partial charge in [-0.05, 0) is 41.3 Å². The maximum atomic E-state index is 5.91. The van der Waals surface area contributed by atoms with Crippen LogP contribution in [0.5, 0.6) is 5.75 Å². The number of ether oxygens (including phenoxy) is 1. The Labute approximate surface area is 117 Å². The first-order valence-corrected chi connectivity index (χ1v) is 6.92. The number of tetrazole rings is 1. The van der Waals surface area contributed by atoms with Gasteiger partial charge in [-0.15, -0.1) is 5.10 Å². The number of nitrogen functional groups attached to an aromatic ring is 1. The molecule has 0 radical (unpaired) electrons. The number of aromatic nitrogens is 4. The Bertz CT molecular complexity index is 609. The summed E-state index contributed by atoms with van der Waals surface area (Å²) in [5.41, 5.74) is 7.46. The summed E-state index contributed by atoms with van der Waals surface area (Å²) in [7, 11) is 1.63. The zero-order chi connectivity index (χ0) is 14.1. The van der Waals surface area contributed by atoms with Gasteiger partial charge in [-0.1, -0.05) is 13.3 Å². The Balaban J connectivity index is 2.03. The molecule has 106 valence electrons. The van der Waals surface area contributed by atoms with Crippen LogP contribution in [-0.2, 0) is 0 Å². The van der Waals surface area contributed by atoms with Crippen molar-refractivity contribution < 1.29 is 4.74 Å². The molecule has 1 aromatic carbocycles. The summed E-state index contributed by atoms with van der Waals surface area (Å²) in [6, 6.07) is 5.95. The van der Waals surface area contributed by atoms with Gasteiger partial charge in [0.25, 0.3) is 0 Å². The number of anilines is 1. The van der Waals surface area contributed by atoms with Gasteiger partial charge in [0.1, 0.15) is 5.75 Å². The van der Waals surface area contributed by atoms with E-state index in [2.05, 4.69) is 22.4 Å². The summed E-state index contributed by atoms with van der Waals surface area (Å²) in [5, 5.41) is 12.2. The molecule has 1 heterocycles. The topological polar surface area (TPSA) is 78.8 Å². The zero-order valence-electron chi connectivity index (χ0n) is 11.8. The first-order chi connectivity index (χ1) is 9.69. The lowest BCUT2D eigenvalue weighted by atomic mass is 10.1. The summed E-state index contributed by atoms with van der Waals surface area (Å²) in [4.78, 5) is 0. The van der Waals surface area contributed by atoms with E-state index in [9.17, 15) is 0 Å². The molecule has 3 rings (SSSR count). The van der Waals surface area contributed by atoms with Crippen molar-refractivity contribution in [2.75, 3.05) is 12.8 Å². The van der Waals surface area contributed by atoms with Crippen molar-refractivity contribution in [3.63, 3.8) is 0 Å². The quantitative estimate of drug-likeness (QED) is 0.868.